The molecule has 0 unspecified atom stereocenters. The molecule has 3 rings (SSSR count). The molecule has 6 nitrogen and oxygen atoms in total. The zero-order valence-corrected chi connectivity index (χ0v) is 11.1. The number of benzene rings is 1. The standard InChI is InChI=1S/C13H11N5OS/c14-7-5-6-10(11(15)19)16-12(7)20-13-17-8-3-1-2-4-9(8)18-13/h1-6H,14H2,(H2,15,19)(H,17,18). The lowest BCUT2D eigenvalue weighted by Gasteiger charge is -2.03. The summed E-state index contributed by atoms with van der Waals surface area (Å²) in [7, 11) is 0. The van der Waals surface area contributed by atoms with E-state index in [1.54, 1.807) is 6.07 Å². The van der Waals surface area contributed by atoms with E-state index in [0.717, 1.165) is 11.0 Å². The number of para-hydroxylation sites is 2. The maximum absolute atomic E-state index is 11.1. The van der Waals surface area contributed by atoms with E-state index >= 15 is 0 Å². The third-order valence-electron chi connectivity index (χ3n) is 2.70. The van der Waals surface area contributed by atoms with E-state index in [4.69, 9.17) is 11.5 Å². The fourth-order valence-electron chi connectivity index (χ4n) is 1.74. The molecule has 0 aliphatic heterocycles. The van der Waals surface area contributed by atoms with Gasteiger partial charge < -0.3 is 16.5 Å². The molecule has 0 fully saturated rings. The Morgan fingerprint density at radius 2 is 1.95 bits per heavy atom. The maximum atomic E-state index is 11.1. The van der Waals surface area contributed by atoms with Gasteiger partial charge >= 0.3 is 0 Å². The highest BCUT2D eigenvalue weighted by Gasteiger charge is 2.11. The van der Waals surface area contributed by atoms with E-state index in [1.807, 2.05) is 24.3 Å². The smallest absolute Gasteiger partial charge is 0.267 e. The molecule has 3 aromatic rings. The minimum absolute atomic E-state index is 0.179. The number of nitrogens with two attached hydrogens (primary N) is 2. The molecule has 0 saturated heterocycles. The van der Waals surface area contributed by atoms with Gasteiger partial charge in [-0.2, -0.15) is 0 Å². The largest absolute Gasteiger partial charge is 0.397 e. The van der Waals surface area contributed by atoms with Crippen molar-refractivity contribution in [3.05, 3.63) is 42.1 Å². The quantitative estimate of drug-likeness (QED) is 0.679. The van der Waals surface area contributed by atoms with E-state index in [0.29, 0.717) is 15.9 Å². The van der Waals surface area contributed by atoms with Crippen LogP contribution in [0.3, 0.4) is 0 Å². The summed E-state index contributed by atoms with van der Waals surface area (Å²) in [5.74, 6) is -0.587. The molecule has 0 aliphatic carbocycles. The lowest BCUT2D eigenvalue weighted by molar-refractivity contribution is 0.0995. The first-order chi connectivity index (χ1) is 9.63. The molecule has 0 spiro atoms. The number of nitrogens with one attached hydrogen (secondary N) is 1. The maximum Gasteiger partial charge on any atom is 0.267 e. The fraction of sp³-hybridized carbons (Fsp3) is 0. The van der Waals surface area contributed by atoms with Crippen LogP contribution in [0.2, 0.25) is 0 Å². The predicted octanol–water partition coefficient (Wildman–Crippen LogP) is 1.79. The van der Waals surface area contributed by atoms with Crippen LogP contribution >= 0.6 is 11.8 Å². The van der Waals surface area contributed by atoms with Gasteiger partial charge in [-0.05, 0) is 36.0 Å². The Morgan fingerprint density at radius 1 is 1.15 bits per heavy atom. The summed E-state index contributed by atoms with van der Waals surface area (Å²) in [5, 5.41) is 1.16. The molecular formula is C13H11N5OS. The molecule has 0 atom stereocenters. The van der Waals surface area contributed by atoms with Crippen LogP contribution in [0.15, 0.2) is 46.6 Å². The number of hydrogen-bond donors (Lipinski definition) is 3. The van der Waals surface area contributed by atoms with Crippen molar-refractivity contribution >= 4 is 34.4 Å². The molecule has 0 radical (unpaired) electrons. The van der Waals surface area contributed by atoms with E-state index < -0.39 is 5.91 Å². The van der Waals surface area contributed by atoms with Crippen LogP contribution in [0, 0.1) is 0 Å². The highest BCUT2D eigenvalue weighted by molar-refractivity contribution is 7.99. The van der Waals surface area contributed by atoms with Crippen molar-refractivity contribution in [1.82, 2.24) is 15.0 Å². The summed E-state index contributed by atoms with van der Waals surface area (Å²) in [6.45, 7) is 0. The molecule has 1 aromatic carbocycles. The summed E-state index contributed by atoms with van der Waals surface area (Å²) < 4.78 is 0. The van der Waals surface area contributed by atoms with Crippen LogP contribution in [0.4, 0.5) is 5.69 Å². The molecule has 0 saturated carbocycles. The van der Waals surface area contributed by atoms with Gasteiger partial charge in [-0.1, -0.05) is 12.1 Å². The number of imidazole rings is 1. The summed E-state index contributed by atoms with van der Waals surface area (Å²) in [6, 6.07) is 10.8. The number of hydrogen-bond acceptors (Lipinski definition) is 5. The summed E-state index contributed by atoms with van der Waals surface area (Å²) in [4.78, 5) is 22.9. The van der Waals surface area contributed by atoms with E-state index in [2.05, 4.69) is 15.0 Å². The monoisotopic (exact) mass is 285 g/mol. The number of H-pyrrole nitrogens is 1. The van der Waals surface area contributed by atoms with E-state index in [1.165, 1.54) is 17.8 Å². The van der Waals surface area contributed by atoms with Gasteiger partial charge in [-0.3, -0.25) is 4.79 Å². The SMILES string of the molecule is NC(=O)c1ccc(N)c(Sc2nc3ccccc3[nH]2)n1. The van der Waals surface area contributed by atoms with Crippen molar-refractivity contribution in [3.63, 3.8) is 0 Å². The average Bonchev–Trinajstić information content (AvgIpc) is 2.83. The summed E-state index contributed by atoms with van der Waals surface area (Å²) in [5.41, 5.74) is 13.5. The van der Waals surface area contributed by atoms with Gasteiger partial charge in [0.1, 0.15) is 10.7 Å². The number of aromatic amines is 1. The Labute approximate surface area is 118 Å². The molecule has 2 aromatic heterocycles. The van der Waals surface area contributed by atoms with Crippen LogP contribution in [0.1, 0.15) is 10.5 Å². The Bertz CT molecular complexity index is 765. The Kier molecular flexibility index (Phi) is 3.03. The van der Waals surface area contributed by atoms with Crippen LogP contribution in [0.25, 0.3) is 11.0 Å². The van der Waals surface area contributed by atoms with Crippen molar-refractivity contribution in [2.24, 2.45) is 5.73 Å². The van der Waals surface area contributed by atoms with Crippen molar-refractivity contribution in [1.29, 1.82) is 0 Å². The topological polar surface area (TPSA) is 111 Å². The van der Waals surface area contributed by atoms with Gasteiger partial charge in [0, 0.05) is 0 Å². The summed E-state index contributed by atoms with van der Waals surface area (Å²) >= 11 is 1.26. The number of nitrogen functional groups attached to an aromatic ring is 1. The molecule has 1 amide bonds. The first kappa shape index (κ1) is 12.5. The first-order valence-electron chi connectivity index (χ1n) is 5.82. The lowest BCUT2D eigenvalue weighted by Crippen LogP contribution is -2.13. The minimum Gasteiger partial charge on any atom is -0.397 e. The number of carbonyl (C=O) groups excluding carboxylic acids is 1. The number of fused-ring (bicyclic) bond motifs is 1. The van der Waals surface area contributed by atoms with Gasteiger partial charge in [-0.25, -0.2) is 9.97 Å². The molecule has 0 aliphatic rings. The predicted molar refractivity (Wildman–Crippen MR) is 77.4 cm³/mol. The Balaban J connectivity index is 1.97. The second-order valence-electron chi connectivity index (χ2n) is 4.12. The van der Waals surface area contributed by atoms with Gasteiger partial charge in [0.05, 0.1) is 16.7 Å². The van der Waals surface area contributed by atoms with Gasteiger partial charge in [0.15, 0.2) is 5.16 Å². The molecular weight excluding hydrogens is 274 g/mol. The number of amides is 1. The third-order valence-corrected chi connectivity index (χ3v) is 3.61. The number of nitrogens with zero attached hydrogens (tertiary/aromatic N) is 2. The highest BCUT2D eigenvalue weighted by Crippen LogP contribution is 2.29. The average molecular weight is 285 g/mol. The van der Waals surface area contributed by atoms with Crippen molar-refractivity contribution in [2.45, 2.75) is 10.2 Å². The van der Waals surface area contributed by atoms with Crippen LogP contribution in [0.5, 0.6) is 0 Å². The second kappa shape index (κ2) is 4.86. The molecule has 5 N–H and O–H groups in total. The number of carbonyl (C=O) groups is 1. The van der Waals surface area contributed by atoms with Crippen molar-refractivity contribution < 1.29 is 4.79 Å². The first-order valence-corrected chi connectivity index (χ1v) is 6.64. The minimum atomic E-state index is -0.587. The van der Waals surface area contributed by atoms with Crippen molar-refractivity contribution in [2.75, 3.05) is 5.73 Å². The van der Waals surface area contributed by atoms with E-state index in [9.17, 15) is 4.79 Å². The molecule has 100 valence electrons. The highest BCUT2D eigenvalue weighted by atomic mass is 32.2. The van der Waals surface area contributed by atoms with Gasteiger partial charge in [0.25, 0.3) is 5.91 Å². The molecule has 20 heavy (non-hydrogen) atoms. The Hall–Kier alpha value is -2.54. The number of anilines is 1. The normalized spacial score (nSPS) is 10.8. The van der Waals surface area contributed by atoms with Crippen LogP contribution < -0.4 is 11.5 Å². The number of pyridine rings is 1. The Morgan fingerprint density at radius 3 is 2.70 bits per heavy atom. The third kappa shape index (κ3) is 2.30. The van der Waals surface area contributed by atoms with Crippen molar-refractivity contribution in [3.8, 4) is 0 Å². The number of rotatable bonds is 3. The van der Waals surface area contributed by atoms with Crippen LogP contribution in [-0.2, 0) is 0 Å². The summed E-state index contributed by atoms with van der Waals surface area (Å²) in [6.07, 6.45) is 0. The van der Waals surface area contributed by atoms with Gasteiger partial charge in [-0.15, -0.1) is 0 Å². The van der Waals surface area contributed by atoms with E-state index in [-0.39, 0.29) is 5.69 Å². The number of primary amides is 1. The number of aromatic nitrogens is 3. The molecule has 2 heterocycles. The molecule has 0 bridgehead atoms. The molecule has 7 heteroatoms. The zero-order valence-electron chi connectivity index (χ0n) is 10.3. The lowest BCUT2D eigenvalue weighted by atomic mass is 10.3. The second-order valence-corrected chi connectivity index (χ2v) is 5.09. The fourth-order valence-corrected chi connectivity index (χ4v) is 2.56. The van der Waals surface area contributed by atoms with Gasteiger partial charge in [0.2, 0.25) is 0 Å². The van der Waals surface area contributed by atoms with Crippen LogP contribution in [-0.4, -0.2) is 20.9 Å². The zero-order chi connectivity index (χ0) is 14.1.